The highest BCUT2D eigenvalue weighted by molar-refractivity contribution is 8.00. The summed E-state index contributed by atoms with van der Waals surface area (Å²) in [5.74, 6) is 0.240. The van der Waals surface area contributed by atoms with E-state index in [1.54, 1.807) is 0 Å². The molecule has 98 valence electrons. The second-order valence-corrected chi connectivity index (χ2v) is 6.85. The molecule has 1 saturated carbocycles. The molecule has 0 aliphatic heterocycles. The minimum absolute atomic E-state index is 0.275. The molecule has 1 aromatic rings. The fraction of sp³-hybridized carbons (Fsp3) is 0.417. The van der Waals surface area contributed by atoms with E-state index in [0.717, 1.165) is 23.5 Å². The molecule has 1 aromatic carbocycles. The molecule has 1 unspecified atom stereocenters. The third-order valence-corrected chi connectivity index (χ3v) is 4.77. The molecule has 3 nitrogen and oxygen atoms in total. The molecule has 6 heteroatoms. The molecular weight excluding hydrogens is 291 g/mol. The third kappa shape index (κ3) is 3.70. The standard InChI is InChI=1S/C12H14Cl2N2OS/c13-12(14)5-8(12)6-16-9-3-1-2-4-10(9)18-7-11(15)17/h1-4,8,16H,5-7H2,(H2,15,17). The maximum Gasteiger partial charge on any atom is 0.227 e. The Balaban J connectivity index is 1.92. The Morgan fingerprint density at radius 2 is 2.17 bits per heavy atom. The first-order valence-electron chi connectivity index (χ1n) is 5.61. The Morgan fingerprint density at radius 1 is 1.50 bits per heavy atom. The number of halogens is 2. The minimum Gasteiger partial charge on any atom is -0.384 e. The summed E-state index contributed by atoms with van der Waals surface area (Å²) < 4.78 is -0.567. The van der Waals surface area contributed by atoms with Gasteiger partial charge in [0.1, 0.15) is 4.33 Å². The van der Waals surface area contributed by atoms with E-state index in [9.17, 15) is 4.79 Å². The molecule has 0 saturated heterocycles. The van der Waals surface area contributed by atoms with E-state index in [2.05, 4.69) is 5.32 Å². The molecule has 0 heterocycles. The second-order valence-electron chi connectivity index (χ2n) is 4.29. The number of benzene rings is 1. The van der Waals surface area contributed by atoms with Gasteiger partial charge < -0.3 is 11.1 Å². The van der Waals surface area contributed by atoms with Crippen molar-refractivity contribution in [3.63, 3.8) is 0 Å². The second kappa shape index (κ2) is 5.59. The molecule has 0 spiro atoms. The van der Waals surface area contributed by atoms with E-state index in [0.29, 0.717) is 0 Å². The predicted molar refractivity (Wildman–Crippen MR) is 77.4 cm³/mol. The lowest BCUT2D eigenvalue weighted by molar-refractivity contribution is -0.115. The Labute approximate surface area is 120 Å². The van der Waals surface area contributed by atoms with Crippen LogP contribution in [0.2, 0.25) is 0 Å². The number of rotatable bonds is 6. The fourth-order valence-corrected chi connectivity index (χ4v) is 2.91. The molecule has 1 aliphatic carbocycles. The Hall–Kier alpha value is -0.580. The van der Waals surface area contributed by atoms with Gasteiger partial charge in [0.25, 0.3) is 0 Å². The average Bonchev–Trinajstić information content (AvgIpc) is 2.93. The van der Waals surface area contributed by atoms with Crippen LogP contribution in [0.15, 0.2) is 29.2 Å². The van der Waals surface area contributed by atoms with Gasteiger partial charge in [-0.3, -0.25) is 4.79 Å². The summed E-state index contributed by atoms with van der Waals surface area (Å²) in [7, 11) is 0. The lowest BCUT2D eigenvalue weighted by Gasteiger charge is -2.11. The number of primary amides is 1. The van der Waals surface area contributed by atoms with Crippen molar-refractivity contribution in [2.45, 2.75) is 15.6 Å². The van der Waals surface area contributed by atoms with Crippen LogP contribution in [0.5, 0.6) is 0 Å². The number of nitrogens with one attached hydrogen (secondary N) is 1. The zero-order valence-electron chi connectivity index (χ0n) is 9.66. The van der Waals surface area contributed by atoms with Gasteiger partial charge in [-0.2, -0.15) is 0 Å². The van der Waals surface area contributed by atoms with Crippen LogP contribution in [0.3, 0.4) is 0 Å². The number of thioether (sulfide) groups is 1. The Kier molecular flexibility index (Phi) is 4.30. The first-order chi connectivity index (χ1) is 8.49. The predicted octanol–water partition coefficient (Wildman–Crippen LogP) is 2.87. The van der Waals surface area contributed by atoms with Gasteiger partial charge in [-0.05, 0) is 18.6 Å². The number of amides is 1. The first kappa shape index (κ1) is 13.8. The zero-order chi connectivity index (χ0) is 13.2. The number of anilines is 1. The van der Waals surface area contributed by atoms with Crippen molar-refractivity contribution in [3.8, 4) is 0 Å². The van der Waals surface area contributed by atoms with E-state index < -0.39 is 4.33 Å². The van der Waals surface area contributed by atoms with Gasteiger partial charge in [0.15, 0.2) is 0 Å². The minimum atomic E-state index is -0.567. The number of hydrogen-bond donors (Lipinski definition) is 2. The van der Waals surface area contributed by atoms with E-state index >= 15 is 0 Å². The maximum atomic E-state index is 10.8. The summed E-state index contributed by atoms with van der Waals surface area (Å²) >= 11 is 13.4. The summed E-state index contributed by atoms with van der Waals surface area (Å²) in [6.45, 7) is 0.737. The van der Waals surface area contributed by atoms with Crippen molar-refractivity contribution in [1.29, 1.82) is 0 Å². The topological polar surface area (TPSA) is 55.1 Å². The van der Waals surface area contributed by atoms with Crippen LogP contribution in [0.1, 0.15) is 6.42 Å². The largest absolute Gasteiger partial charge is 0.384 e. The number of para-hydroxylation sites is 1. The molecule has 0 bridgehead atoms. The lowest BCUT2D eigenvalue weighted by Crippen LogP contribution is -2.13. The number of carbonyl (C=O) groups excluding carboxylic acids is 1. The molecular formula is C12H14Cl2N2OS. The maximum absolute atomic E-state index is 10.8. The molecule has 1 aliphatic rings. The van der Waals surface area contributed by atoms with E-state index in [1.165, 1.54) is 11.8 Å². The molecule has 18 heavy (non-hydrogen) atoms. The highest BCUT2D eigenvalue weighted by atomic mass is 35.5. The average molecular weight is 305 g/mol. The van der Waals surface area contributed by atoms with E-state index in [4.69, 9.17) is 28.9 Å². The molecule has 0 aromatic heterocycles. The highest BCUT2D eigenvalue weighted by Gasteiger charge is 2.51. The molecule has 1 atom stereocenters. The van der Waals surface area contributed by atoms with Crippen LogP contribution in [0.25, 0.3) is 0 Å². The van der Waals surface area contributed by atoms with Crippen LogP contribution in [-0.4, -0.2) is 22.5 Å². The summed E-state index contributed by atoms with van der Waals surface area (Å²) in [6.07, 6.45) is 0.819. The van der Waals surface area contributed by atoms with E-state index in [1.807, 2.05) is 24.3 Å². The zero-order valence-corrected chi connectivity index (χ0v) is 12.0. The van der Waals surface area contributed by atoms with Crippen molar-refractivity contribution in [2.24, 2.45) is 11.7 Å². The molecule has 3 N–H and O–H groups in total. The molecule has 1 amide bonds. The van der Waals surface area contributed by atoms with Crippen molar-refractivity contribution >= 4 is 46.6 Å². The summed E-state index contributed by atoms with van der Waals surface area (Å²) in [4.78, 5) is 11.8. The van der Waals surface area contributed by atoms with Crippen LogP contribution < -0.4 is 11.1 Å². The summed E-state index contributed by atoms with van der Waals surface area (Å²) in [6, 6.07) is 7.80. The van der Waals surface area contributed by atoms with Crippen LogP contribution >= 0.6 is 35.0 Å². The number of alkyl halides is 2. The van der Waals surface area contributed by atoms with Crippen LogP contribution in [0, 0.1) is 5.92 Å². The van der Waals surface area contributed by atoms with Crippen molar-refractivity contribution < 1.29 is 4.79 Å². The van der Waals surface area contributed by atoms with Gasteiger partial charge in [0.2, 0.25) is 5.91 Å². The molecule has 0 radical (unpaired) electrons. The quantitative estimate of drug-likeness (QED) is 0.627. The first-order valence-corrected chi connectivity index (χ1v) is 7.35. The number of nitrogens with two attached hydrogens (primary N) is 1. The van der Waals surface area contributed by atoms with Crippen LogP contribution in [0.4, 0.5) is 5.69 Å². The van der Waals surface area contributed by atoms with Gasteiger partial charge >= 0.3 is 0 Å². The molecule has 1 fully saturated rings. The van der Waals surface area contributed by atoms with Gasteiger partial charge in [-0.1, -0.05) is 12.1 Å². The molecule has 2 rings (SSSR count). The van der Waals surface area contributed by atoms with Gasteiger partial charge in [-0.15, -0.1) is 35.0 Å². The Morgan fingerprint density at radius 3 is 2.78 bits per heavy atom. The smallest absolute Gasteiger partial charge is 0.227 e. The summed E-state index contributed by atoms with van der Waals surface area (Å²) in [5, 5.41) is 3.31. The number of hydrogen-bond acceptors (Lipinski definition) is 3. The lowest BCUT2D eigenvalue weighted by atomic mass is 10.3. The normalized spacial score (nSPS) is 20.4. The number of carbonyl (C=O) groups is 1. The van der Waals surface area contributed by atoms with Gasteiger partial charge in [-0.25, -0.2) is 0 Å². The SMILES string of the molecule is NC(=O)CSc1ccccc1NCC1CC1(Cl)Cl. The van der Waals surface area contributed by atoms with E-state index in [-0.39, 0.29) is 17.6 Å². The van der Waals surface area contributed by atoms with Crippen molar-refractivity contribution in [3.05, 3.63) is 24.3 Å². The third-order valence-electron chi connectivity index (χ3n) is 2.75. The van der Waals surface area contributed by atoms with Gasteiger partial charge in [0, 0.05) is 23.0 Å². The fourth-order valence-electron chi connectivity index (χ4n) is 1.61. The van der Waals surface area contributed by atoms with Crippen molar-refractivity contribution in [2.75, 3.05) is 17.6 Å². The van der Waals surface area contributed by atoms with Crippen molar-refractivity contribution in [1.82, 2.24) is 0 Å². The van der Waals surface area contributed by atoms with Crippen LogP contribution in [-0.2, 0) is 4.79 Å². The monoisotopic (exact) mass is 304 g/mol. The highest BCUT2D eigenvalue weighted by Crippen LogP contribution is 2.53. The summed E-state index contributed by atoms with van der Waals surface area (Å²) in [5.41, 5.74) is 6.13. The Bertz CT molecular complexity index is 453. The van der Waals surface area contributed by atoms with Gasteiger partial charge in [0.05, 0.1) is 5.75 Å².